The lowest BCUT2D eigenvalue weighted by molar-refractivity contribution is -0.983. The van der Waals surface area contributed by atoms with Crippen LogP contribution in [-0.2, 0) is 9.53 Å². The van der Waals surface area contributed by atoms with Crippen molar-refractivity contribution in [1.29, 1.82) is 5.26 Å². The van der Waals surface area contributed by atoms with Crippen molar-refractivity contribution in [3.05, 3.63) is 41.5 Å². The molecule has 1 saturated heterocycles. The van der Waals surface area contributed by atoms with E-state index < -0.39 is 11.7 Å². The summed E-state index contributed by atoms with van der Waals surface area (Å²) in [4.78, 5) is 12.2. The fourth-order valence-electron chi connectivity index (χ4n) is 2.98. The minimum atomic E-state index is -1.72. The first-order chi connectivity index (χ1) is 10.5. The molecule has 0 bridgehead atoms. The predicted molar refractivity (Wildman–Crippen MR) is 82.3 cm³/mol. The number of carbonyl (C=O) groups is 1. The van der Waals surface area contributed by atoms with Crippen LogP contribution in [0.1, 0.15) is 25.0 Å². The summed E-state index contributed by atoms with van der Waals surface area (Å²) >= 11 is 0. The number of hydrogen-bond acceptors (Lipinski definition) is 4. The van der Waals surface area contributed by atoms with Gasteiger partial charge in [0, 0.05) is 6.08 Å². The molecule has 0 saturated carbocycles. The van der Waals surface area contributed by atoms with Gasteiger partial charge in [-0.15, -0.1) is 0 Å². The number of ether oxygens (including phenoxy) is 1. The van der Waals surface area contributed by atoms with E-state index in [2.05, 4.69) is 6.07 Å². The van der Waals surface area contributed by atoms with Crippen molar-refractivity contribution >= 4 is 12.0 Å². The molecule has 0 radical (unpaired) electrons. The summed E-state index contributed by atoms with van der Waals surface area (Å²) in [6.07, 6.45) is 3.10. The van der Waals surface area contributed by atoms with Crippen molar-refractivity contribution in [2.45, 2.75) is 19.6 Å². The Hall–Kier alpha value is -2.16. The molecule has 1 heterocycles. The lowest BCUT2D eigenvalue weighted by Crippen LogP contribution is -2.71. The summed E-state index contributed by atoms with van der Waals surface area (Å²) in [5.41, 5.74) is -0.552. The summed E-state index contributed by atoms with van der Waals surface area (Å²) in [6.45, 7) is 6.01. The first-order valence-corrected chi connectivity index (χ1v) is 7.47. The smallest absolute Gasteiger partial charge is 0.402 e. The molecule has 0 aromatic heterocycles. The van der Waals surface area contributed by atoms with E-state index in [0.29, 0.717) is 37.4 Å². The van der Waals surface area contributed by atoms with Crippen molar-refractivity contribution in [3.8, 4) is 6.07 Å². The second kappa shape index (κ2) is 6.30. The molecule has 0 unspecified atom stereocenters. The second-order valence-corrected chi connectivity index (χ2v) is 5.40. The van der Waals surface area contributed by atoms with E-state index in [9.17, 15) is 9.90 Å². The van der Waals surface area contributed by atoms with E-state index in [1.165, 1.54) is 6.08 Å². The zero-order valence-corrected chi connectivity index (χ0v) is 13.0. The first-order valence-electron chi connectivity index (χ1n) is 7.47. The molecule has 116 valence electrons. The van der Waals surface area contributed by atoms with Gasteiger partial charge in [-0.05, 0) is 31.6 Å². The Kier molecular flexibility index (Phi) is 4.65. The highest BCUT2D eigenvalue weighted by Gasteiger charge is 2.56. The number of benzene rings is 1. The predicted octanol–water partition coefficient (Wildman–Crippen LogP) is 1.67. The van der Waals surface area contributed by atoms with Crippen LogP contribution in [0.2, 0.25) is 0 Å². The van der Waals surface area contributed by atoms with E-state index in [1.807, 2.05) is 19.9 Å². The summed E-state index contributed by atoms with van der Waals surface area (Å²) in [5.74, 6) is -0.631. The molecule has 0 amide bonds. The quantitative estimate of drug-likeness (QED) is 0.678. The SMILES string of the molecule is CC[N+]1(CC)CCOC(=O)[C@@]1(O)/C=C/c1ccccc1C#N. The normalized spacial score (nSPS) is 24.0. The zero-order valence-electron chi connectivity index (χ0n) is 13.0. The number of carbonyl (C=O) groups excluding carboxylic acids is 1. The molecular formula is C17H21N2O3+. The van der Waals surface area contributed by atoms with Crippen LogP contribution < -0.4 is 0 Å². The fraction of sp³-hybridized carbons (Fsp3) is 0.412. The van der Waals surface area contributed by atoms with Crippen molar-refractivity contribution in [1.82, 2.24) is 0 Å². The summed E-state index contributed by atoms with van der Waals surface area (Å²) in [7, 11) is 0. The Labute approximate surface area is 130 Å². The summed E-state index contributed by atoms with van der Waals surface area (Å²) in [5, 5.41) is 20.1. The van der Waals surface area contributed by atoms with Gasteiger partial charge in [0.05, 0.1) is 24.7 Å². The fourth-order valence-corrected chi connectivity index (χ4v) is 2.98. The zero-order chi connectivity index (χ0) is 16.2. The maximum absolute atomic E-state index is 12.2. The Bertz CT molecular complexity index is 629. The summed E-state index contributed by atoms with van der Waals surface area (Å²) in [6, 6.07) is 9.16. The lowest BCUT2D eigenvalue weighted by atomic mass is 10.0. The number of likely N-dealkylation sites (N-methyl/N-ethyl adjacent to an activating group) is 1. The molecule has 2 rings (SSSR count). The number of rotatable bonds is 4. The highest BCUT2D eigenvalue weighted by atomic mass is 16.6. The molecule has 1 atom stereocenters. The Morgan fingerprint density at radius 3 is 2.73 bits per heavy atom. The molecule has 1 aliphatic rings. The van der Waals surface area contributed by atoms with Gasteiger partial charge >= 0.3 is 11.7 Å². The minimum Gasteiger partial charge on any atom is -0.453 e. The average Bonchev–Trinajstić information content (AvgIpc) is 2.56. The minimum absolute atomic E-state index is 0.233. The average molecular weight is 301 g/mol. The largest absolute Gasteiger partial charge is 0.453 e. The monoisotopic (exact) mass is 301 g/mol. The van der Waals surface area contributed by atoms with Crippen LogP contribution >= 0.6 is 0 Å². The number of hydrogen-bond donors (Lipinski definition) is 1. The van der Waals surface area contributed by atoms with Gasteiger partial charge < -0.3 is 9.84 Å². The third kappa shape index (κ3) is 2.52. The van der Waals surface area contributed by atoms with Crippen molar-refractivity contribution < 1.29 is 19.1 Å². The van der Waals surface area contributed by atoms with Gasteiger partial charge in [0.15, 0.2) is 0 Å². The molecule has 1 aromatic rings. The second-order valence-electron chi connectivity index (χ2n) is 5.40. The highest BCUT2D eigenvalue weighted by molar-refractivity contribution is 5.82. The molecule has 5 nitrogen and oxygen atoms in total. The van der Waals surface area contributed by atoms with E-state index in [4.69, 9.17) is 10.00 Å². The van der Waals surface area contributed by atoms with E-state index >= 15 is 0 Å². The molecule has 5 heteroatoms. The molecule has 0 aliphatic carbocycles. The third-order valence-electron chi connectivity index (χ3n) is 4.56. The number of cyclic esters (lactones) is 1. The maximum atomic E-state index is 12.2. The number of nitrogens with zero attached hydrogens (tertiary/aromatic N) is 2. The van der Waals surface area contributed by atoms with Gasteiger partial charge in [-0.1, -0.05) is 18.2 Å². The Balaban J connectivity index is 2.45. The van der Waals surface area contributed by atoms with Crippen molar-refractivity contribution in [3.63, 3.8) is 0 Å². The van der Waals surface area contributed by atoms with Gasteiger partial charge in [-0.3, -0.25) is 4.48 Å². The van der Waals surface area contributed by atoms with Crippen LogP contribution in [0, 0.1) is 11.3 Å². The van der Waals surface area contributed by atoms with Crippen molar-refractivity contribution in [2.75, 3.05) is 26.2 Å². The van der Waals surface area contributed by atoms with Gasteiger partial charge in [-0.2, -0.15) is 5.26 Å². The highest BCUT2D eigenvalue weighted by Crippen LogP contribution is 2.30. The molecule has 1 aliphatic heterocycles. The van der Waals surface area contributed by atoms with Crippen LogP contribution in [-0.4, -0.2) is 47.5 Å². The van der Waals surface area contributed by atoms with Crippen molar-refractivity contribution in [2.24, 2.45) is 0 Å². The van der Waals surface area contributed by atoms with E-state index in [1.54, 1.807) is 24.3 Å². The van der Waals surface area contributed by atoms with Crippen LogP contribution in [0.3, 0.4) is 0 Å². The third-order valence-corrected chi connectivity index (χ3v) is 4.56. The number of nitriles is 1. The van der Waals surface area contributed by atoms with E-state index in [0.717, 1.165) is 0 Å². The van der Waals surface area contributed by atoms with Crippen LogP contribution in [0.4, 0.5) is 0 Å². The maximum Gasteiger partial charge on any atom is 0.402 e. The molecule has 22 heavy (non-hydrogen) atoms. The van der Waals surface area contributed by atoms with Gasteiger partial charge in [0.25, 0.3) is 0 Å². The Morgan fingerprint density at radius 2 is 2.09 bits per heavy atom. The number of morpholine rings is 1. The van der Waals surface area contributed by atoms with E-state index in [-0.39, 0.29) is 4.48 Å². The van der Waals surface area contributed by atoms with Gasteiger partial charge in [0.2, 0.25) is 0 Å². The summed E-state index contributed by atoms with van der Waals surface area (Å²) < 4.78 is 5.31. The molecule has 1 aromatic carbocycles. The lowest BCUT2D eigenvalue weighted by Gasteiger charge is -2.48. The topological polar surface area (TPSA) is 70.3 Å². The molecular weight excluding hydrogens is 280 g/mol. The Morgan fingerprint density at radius 1 is 1.41 bits per heavy atom. The van der Waals surface area contributed by atoms with Crippen LogP contribution in [0.15, 0.2) is 30.3 Å². The first kappa shape index (κ1) is 16.2. The molecule has 1 N–H and O–H groups in total. The number of quaternary nitrogens is 1. The standard InChI is InChI=1S/C17H21N2O3/c1-3-19(4-2)11-12-22-16(20)17(19,21)10-9-14-7-5-6-8-15(14)13-18/h5-10,21H,3-4,11-12H2,1-2H3/q+1/b10-9+/t17-/m0/s1. The van der Waals surface area contributed by atoms with Crippen LogP contribution in [0.5, 0.6) is 0 Å². The van der Waals surface area contributed by atoms with Gasteiger partial charge in [-0.25, -0.2) is 4.79 Å². The van der Waals surface area contributed by atoms with Crippen LogP contribution in [0.25, 0.3) is 6.08 Å². The molecule has 0 spiro atoms. The number of esters is 1. The molecule has 1 fully saturated rings. The number of aliphatic hydroxyl groups is 1. The van der Waals surface area contributed by atoms with Gasteiger partial charge in [0.1, 0.15) is 13.2 Å².